The molecule has 0 saturated heterocycles. The molecule has 0 atom stereocenters. The van der Waals surface area contributed by atoms with Crippen LogP contribution in [0.2, 0.25) is 0 Å². The minimum absolute atomic E-state index is 0.600. The van der Waals surface area contributed by atoms with Gasteiger partial charge in [0.25, 0.3) is 0 Å². The lowest BCUT2D eigenvalue weighted by Gasteiger charge is -2.09. The monoisotopic (exact) mass is 238 g/mol. The zero-order valence-electron chi connectivity index (χ0n) is 10.9. The number of hydrogen-bond donors (Lipinski definition) is 2. The van der Waals surface area contributed by atoms with E-state index in [0.717, 1.165) is 37.8 Å². The van der Waals surface area contributed by atoms with Crippen LogP contribution in [-0.2, 0) is 4.74 Å². The summed E-state index contributed by atoms with van der Waals surface area (Å²) in [6, 6.07) is 1.93. The maximum atomic E-state index is 4.98. The molecule has 5 nitrogen and oxygen atoms in total. The van der Waals surface area contributed by atoms with Gasteiger partial charge in [0.2, 0.25) is 0 Å². The highest BCUT2D eigenvalue weighted by molar-refractivity contribution is 5.46. The third-order valence-corrected chi connectivity index (χ3v) is 2.19. The van der Waals surface area contributed by atoms with Crippen LogP contribution in [0.3, 0.4) is 0 Å². The van der Waals surface area contributed by atoms with E-state index in [4.69, 9.17) is 4.74 Å². The number of rotatable bonds is 8. The van der Waals surface area contributed by atoms with E-state index in [2.05, 4.69) is 34.4 Å². The second kappa shape index (κ2) is 7.84. The summed E-state index contributed by atoms with van der Waals surface area (Å²) in [5.41, 5.74) is 0. The van der Waals surface area contributed by atoms with Crippen molar-refractivity contribution in [2.24, 2.45) is 5.92 Å². The van der Waals surface area contributed by atoms with Crippen LogP contribution >= 0.6 is 0 Å². The van der Waals surface area contributed by atoms with Crippen molar-refractivity contribution in [3.8, 4) is 0 Å². The van der Waals surface area contributed by atoms with Crippen molar-refractivity contribution in [2.45, 2.75) is 20.3 Å². The summed E-state index contributed by atoms with van der Waals surface area (Å²) in [4.78, 5) is 8.33. The van der Waals surface area contributed by atoms with E-state index >= 15 is 0 Å². The van der Waals surface area contributed by atoms with E-state index in [-0.39, 0.29) is 0 Å². The predicted octanol–water partition coefficient (Wildman–Crippen LogP) is 1.99. The van der Waals surface area contributed by atoms with Crippen molar-refractivity contribution in [3.05, 3.63) is 12.4 Å². The van der Waals surface area contributed by atoms with Crippen molar-refractivity contribution >= 4 is 11.6 Å². The standard InChI is InChI=1S/C12H22N4O/c1-10(2)8-14-12-7-11(15-9-16-12)13-5-4-6-17-3/h7,9-10H,4-6,8H2,1-3H3,(H2,13,14,15,16). The number of aromatic nitrogens is 2. The maximum absolute atomic E-state index is 4.98. The molecule has 0 spiro atoms. The first-order chi connectivity index (χ1) is 8.22. The van der Waals surface area contributed by atoms with Crippen molar-refractivity contribution in [2.75, 3.05) is 37.4 Å². The first-order valence-electron chi connectivity index (χ1n) is 6.01. The molecule has 17 heavy (non-hydrogen) atoms. The van der Waals surface area contributed by atoms with E-state index in [1.165, 1.54) is 0 Å². The minimum Gasteiger partial charge on any atom is -0.385 e. The van der Waals surface area contributed by atoms with Gasteiger partial charge in [0.1, 0.15) is 18.0 Å². The van der Waals surface area contributed by atoms with E-state index < -0.39 is 0 Å². The highest BCUT2D eigenvalue weighted by Gasteiger charge is 1.99. The molecule has 96 valence electrons. The molecule has 5 heteroatoms. The van der Waals surface area contributed by atoms with Gasteiger partial charge in [0.05, 0.1) is 0 Å². The summed E-state index contributed by atoms with van der Waals surface area (Å²) in [6.45, 7) is 6.86. The molecule has 1 heterocycles. The smallest absolute Gasteiger partial charge is 0.131 e. The third kappa shape index (κ3) is 6.06. The quantitative estimate of drug-likeness (QED) is 0.678. The van der Waals surface area contributed by atoms with Gasteiger partial charge in [-0.3, -0.25) is 0 Å². The lowest BCUT2D eigenvalue weighted by atomic mass is 10.2. The van der Waals surface area contributed by atoms with Gasteiger partial charge < -0.3 is 15.4 Å². The van der Waals surface area contributed by atoms with Gasteiger partial charge in [-0.05, 0) is 12.3 Å². The lowest BCUT2D eigenvalue weighted by molar-refractivity contribution is 0.198. The number of nitrogens with zero attached hydrogens (tertiary/aromatic N) is 2. The number of anilines is 2. The maximum Gasteiger partial charge on any atom is 0.131 e. The third-order valence-electron chi connectivity index (χ3n) is 2.19. The summed E-state index contributed by atoms with van der Waals surface area (Å²) in [7, 11) is 1.71. The van der Waals surface area contributed by atoms with Crippen LogP contribution in [0.15, 0.2) is 12.4 Å². The highest BCUT2D eigenvalue weighted by atomic mass is 16.5. The second-order valence-corrected chi connectivity index (χ2v) is 4.34. The van der Waals surface area contributed by atoms with Crippen molar-refractivity contribution < 1.29 is 4.74 Å². The van der Waals surface area contributed by atoms with Crippen LogP contribution < -0.4 is 10.6 Å². The Kier molecular flexibility index (Phi) is 6.32. The molecule has 2 N–H and O–H groups in total. The molecule has 0 amide bonds. The number of methoxy groups -OCH3 is 1. The Morgan fingerprint density at radius 1 is 1.24 bits per heavy atom. The van der Waals surface area contributed by atoms with E-state index in [1.807, 2.05) is 6.07 Å². The Balaban J connectivity index is 2.37. The largest absolute Gasteiger partial charge is 0.385 e. The highest BCUT2D eigenvalue weighted by Crippen LogP contribution is 2.09. The van der Waals surface area contributed by atoms with E-state index in [9.17, 15) is 0 Å². The fraction of sp³-hybridized carbons (Fsp3) is 0.667. The molecular weight excluding hydrogens is 216 g/mol. The molecule has 0 aliphatic rings. The summed E-state index contributed by atoms with van der Waals surface area (Å²) in [5.74, 6) is 2.31. The van der Waals surface area contributed by atoms with Crippen LogP contribution in [0.4, 0.5) is 11.6 Å². The van der Waals surface area contributed by atoms with Crippen LogP contribution in [0.1, 0.15) is 20.3 Å². The summed E-state index contributed by atoms with van der Waals surface area (Å²) in [6.07, 6.45) is 2.54. The first-order valence-corrected chi connectivity index (χ1v) is 6.01. The molecule has 0 bridgehead atoms. The van der Waals surface area contributed by atoms with Gasteiger partial charge in [-0.2, -0.15) is 0 Å². The molecule has 0 radical (unpaired) electrons. The normalized spacial score (nSPS) is 10.6. The van der Waals surface area contributed by atoms with Gasteiger partial charge in [-0.15, -0.1) is 0 Å². The zero-order chi connectivity index (χ0) is 12.5. The summed E-state index contributed by atoms with van der Waals surface area (Å²) in [5, 5.41) is 6.51. The van der Waals surface area contributed by atoms with Crippen LogP contribution in [0.5, 0.6) is 0 Å². The van der Waals surface area contributed by atoms with Crippen molar-refractivity contribution in [3.63, 3.8) is 0 Å². The predicted molar refractivity (Wildman–Crippen MR) is 70.3 cm³/mol. The number of ether oxygens (including phenoxy) is 1. The van der Waals surface area contributed by atoms with Crippen LogP contribution in [0.25, 0.3) is 0 Å². The fourth-order valence-electron chi connectivity index (χ4n) is 1.29. The van der Waals surface area contributed by atoms with Crippen molar-refractivity contribution in [1.29, 1.82) is 0 Å². The van der Waals surface area contributed by atoms with Gasteiger partial charge in [0, 0.05) is 32.9 Å². The second-order valence-electron chi connectivity index (χ2n) is 4.34. The Bertz CT molecular complexity index is 317. The Hall–Kier alpha value is -1.36. The fourth-order valence-corrected chi connectivity index (χ4v) is 1.29. The number of hydrogen-bond acceptors (Lipinski definition) is 5. The molecule has 1 aromatic heterocycles. The molecule has 0 aliphatic carbocycles. The molecule has 0 fully saturated rings. The average molecular weight is 238 g/mol. The number of nitrogens with one attached hydrogen (secondary N) is 2. The molecule has 0 saturated carbocycles. The lowest BCUT2D eigenvalue weighted by Crippen LogP contribution is -2.11. The van der Waals surface area contributed by atoms with Crippen LogP contribution in [-0.4, -0.2) is 36.8 Å². The zero-order valence-corrected chi connectivity index (χ0v) is 10.9. The van der Waals surface area contributed by atoms with E-state index in [1.54, 1.807) is 13.4 Å². The summed E-state index contributed by atoms with van der Waals surface area (Å²) >= 11 is 0. The topological polar surface area (TPSA) is 59.1 Å². The molecule has 0 aromatic carbocycles. The van der Waals surface area contributed by atoms with Crippen LogP contribution in [0, 0.1) is 5.92 Å². The van der Waals surface area contributed by atoms with Gasteiger partial charge in [0.15, 0.2) is 0 Å². The Morgan fingerprint density at radius 2 is 1.94 bits per heavy atom. The van der Waals surface area contributed by atoms with Gasteiger partial charge in [-0.1, -0.05) is 13.8 Å². The molecule has 0 aliphatic heterocycles. The molecule has 1 rings (SSSR count). The Labute approximate surface area is 103 Å². The SMILES string of the molecule is COCCCNc1cc(NCC(C)C)ncn1. The van der Waals surface area contributed by atoms with Gasteiger partial charge in [-0.25, -0.2) is 9.97 Å². The molecular formula is C12H22N4O. The minimum atomic E-state index is 0.600. The Morgan fingerprint density at radius 3 is 2.59 bits per heavy atom. The molecule has 0 unspecified atom stereocenters. The molecule has 1 aromatic rings. The van der Waals surface area contributed by atoms with E-state index in [0.29, 0.717) is 5.92 Å². The van der Waals surface area contributed by atoms with Crippen molar-refractivity contribution in [1.82, 2.24) is 9.97 Å². The first kappa shape index (κ1) is 13.7. The average Bonchev–Trinajstić information content (AvgIpc) is 2.33. The summed E-state index contributed by atoms with van der Waals surface area (Å²) < 4.78 is 4.98. The van der Waals surface area contributed by atoms with Gasteiger partial charge >= 0.3 is 0 Å².